The second kappa shape index (κ2) is 6.04. The summed E-state index contributed by atoms with van der Waals surface area (Å²) in [5, 5.41) is 8.06. The summed E-state index contributed by atoms with van der Waals surface area (Å²) in [6.45, 7) is 6.34. The Kier molecular flexibility index (Phi) is 4.20. The molecule has 3 heterocycles. The molecule has 2 fully saturated rings. The molecule has 0 aromatic carbocycles. The Balaban J connectivity index is 1.62. The predicted molar refractivity (Wildman–Crippen MR) is 86.8 cm³/mol. The van der Waals surface area contributed by atoms with Crippen molar-refractivity contribution in [2.75, 3.05) is 13.1 Å². The highest BCUT2D eigenvalue weighted by molar-refractivity contribution is 7.09. The van der Waals surface area contributed by atoms with E-state index in [1.165, 1.54) is 11.3 Å². The van der Waals surface area contributed by atoms with Crippen LogP contribution in [-0.4, -0.2) is 58.6 Å². The molecule has 3 unspecified atom stereocenters. The topological polar surface area (TPSA) is 101 Å². The number of amides is 3. The Morgan fingerprint density at radius 2 is 2.29 bits per heavy atom. The van der Waals surface area contributed by atoms with Gasteiger partial charge in [-0.15, -0.1) is 11.3 Å². The number of carbonyl (C=O) groups excluding carboxylic acids is 3. The van der Waals surface area contributed by atoms with E-state index in [1.54, 1.807) is 17.2 Å². The fraction of sp³-hybridized carbons (Fsp3) is 0.600. The van der Waals surface area contributed by atoms with E-state index in [9.17, 15) is 14.4 Å². The Morgan fingerprint density at radius 3 is 2.88 bits per heavy atom. The van der Waals surface area contributed by atoms with Crippen molar-refractivity contribution in [2.45, 2.75) is 44.9 Å². The molecule has 24 heavy (non-hydrogen) atoms. The van der Waals surface area contributed by atoms with Gasteiger partial charge in [-0.2, -0.15) is 0 Å². The molecule has 0 radical (unpaired) electrons. The van der Waals surface area contributed by atoms with Crippen LogP contribution in [0.4, 0.5) is 4.79 Å². The van der Waals surface area contributed by atoms with Crippen LogP contribution in [0.15, 0.2) is 5.38 Å². The first-order chi connectivity index (χ1) is 11.3. The fourth-order valence-corrected chi connectivity index (χ4v) is 3.62. The summed E-state index contributed by atoms with van der Waals surface area (Å²) in [7, 11) is 0. The number of nitrogens with one attached hydrogen (secondary N) is 2. The number of hydrogen-bond acceptors (Lipinski definition) is 6. The van der Waals surface area contributed by atoms with E-state index in [2.05, 4.69) is 15.6 Å². The van der Waals surface area contributed by atoms with E-state index < -0.39 is 23.8 Å². The van der Waals surface area contributed by atoms with Crippen molar-refractivity contribution < 1.29 is 19.1 Å². The highest BCUT2D eigenvalue weighted by Crippen LogP contribution is 2.24. The van der Waals surface area contributed by atoms with E-state index in [1.807, 2.05) is 13.8 Å². The van der Waals surface area contributed by atoms with Crippen LogP contribution in [-0.2, 0) is 9.53 Å². The number of rotatable bonds is 3. The summed E-state index contributed by atoms with van der Waals surface area (Å²) in [6.07, 6.45) is -0.428. The first-order valence-corrected chi connectivity index (χ1v) is 8.66. The van der Waals surface area contributed by atoms with Gasteiger partial charge in [0.05, 0.1) is 10.5 Å². The highest BCUT2D eigenvalue weighted by atomic mass is 32.1. The van der Waals surface area contributed by atoms with Gasteiger partial charge in [0, 0.05) is 18.5 Å². The van der Waals surface area contributed by atoms with Crippen LogP contribution in [0.25, 0.3) is 0 Å². The van der Waals surface area contributed by atoms with E-state index in [0.717, 1.165) is 5.01 Å². The van der Waals surface area contributed by atoms with Gasteiger partial charge in [-0.25, -0.2) is 9.78 Å². The monoisotopic (exact) mass is 352 g/mol. The van der Waals surface area contributed by atoms with E-state index in [-0.39, 0.29) is 11.8 Å². The molecule has 0 aliphatic carbocycles. The zero-order chi connectivity index (χ0) is 17.5. The number of nitrogens with zero attached hydrogens (tertiary/aromatic N) is 2. The Morgan fingerprint density at radius 1 is 1.54 bits per heavy atom. The number of aryl methyl sites for hydroxylation is 1. The van der Waals surface area contributed by atoms with Crippen molar-refractivity contribution in [3.05, 3.63) is 16.1 Å². The quantitative estimate of drug-likeness (QED) is 0.833. The maximum Gasteiger partial charge on any atom is 0.408 e. The number of hydrogen-bond donors (Lipinski definition) is 2. The lowest BCUT2D eigenvalue weighted by Crippen LogP contribution is -2.51. The van der Waals surface area contributed by atoms with Crippen molar-refractivity contribution in [1.29, 1.82) is 0 Å². The predicted octanol–water partition coefficient (Wildman–Crippen LogP) is 0.669. The maximum absolute atomic E-state index is 12.6. The van der Waals surface area contributed by atoms with Crippen LogP contribution in [0.3, 0.4) is 0 Å². The van der Waals surface area contributed by atoms with Crippen LogP contribution < -0.4 is 10.6 Å². The molecule has 2 saturated heterocycles. The van der Waals surface area contributed by atoms with Crippen LogP contribution >= 0.6 is 11.3 Å². The minimum Gasteiger partial charge on any atom is -0.444 e. The van der Waals surface area contributed by atoms with Crippen LogP contribution in [0.2, 0.25) is 0 Å². The third-order valence-electron chi connectivity index (χ3n) is 4.35. The zero-order valence-electron chi connectivity index (χ0n) is 13.8. The first-order valence-electron chi connectivity index (χ1n) is 7.78. The Labute approximate surface area is 143 Å². The third-order valence-corrected chi connectivity index (χ3v) is 5.13. The van der Waals surface area contributed by atoms with Crippen molar-refractivity contribution >= 4 is 29.2 Å². The molecule has 130 valence electrons. The number of likely N-dealkylation sites (tertiary alicyclic amines) is 1. The fourth-order valence-electron chi connectivity index (χ4n) is 3.03. The summed E-state index contributed by atoms with van der Waals surface area (Å²) in [4.78, 5) is 41.9. The van der Waals surface area contributed by atoms with Crippen LogP contribution in [0.1, 0.15) is 35.8 Å². The minimum absolute atomic E-state index is 0.184. The second-order valence-electron chi connectivity index (χ2n) is 6.51. The van der Waals surface area contributed by atoms with Gasteiger partial charge in [-0.3, -0.25) is 9.59 Å². The molecule has 0 spiro atoms. The molecule has 2 N–H and O–H groups in total. The van der Waals surface area contributed by atoms with Crippen LogP contribution in [0, 0.1) is 6.92 Å². The number of aromatic nitrogens is 1. The summed E-state index contributed by atoms with van der Waals surface area (Å²) < 4.78 is 4.96. The smallest absolute Gasteiger partial charge is 0.408 e. The molecule has 2 aliphatic rings. The largest absolute Gasteiger partial charge is 0.444 e. The molecule has 3 atom stereocenters. The summed E-state index contributed by atoms with van der Waals surface area (Å²) in [6, 6.07) is -0.670. The summed E-state index contributed by atoms with van der Waals surface area (Å²) >= 11 is 1.42. The summed E-state index contributed by atoms with van der Waals surface area (Å²) in [5.74, 6) is -0.419. The van der Waals surface area contributed by atoms with Gasteiger partial charge in [0.15, 0.2) is 0 Å². The van der Waals surface area contributed by atoms with Crippen molar-refractivity contribution in [3.63, 3.8) is 0 Å². The standard InChI is InChI=1S/C15H20N4O4S/c1-8-11(17-14(22)23-8)13(21)19-5-4-15(3,7-19)18-12(20)10-6-24-9(2)16-10/h6,8,11H,4-5,7H2,1-3H3,(H,17,22)(H,18,20). The molecule has 1 aromatic rings. The number of carbonyl (C=O) groups is 3. The van der Waals surface area contributed by atoms with Gasteiger partial charge in [0.1, 0.15) is 17.8 Å². The van der Waals surface area contributed by atoms with E-state index >= 15 is 0 Å². The molecule has 9 heteroatoms. The molecular formula is C15H20N4O4S. The lowest BCUT2D eigenvalue weighted by atomic mass is 10.0. The summed E-state index contributed by atoms with van der Waals surface area (Å²) in [5.41, 5.74) is -0.120. The molecule has 8 nitrogen and oxygen atoms in total. The van der Waals surface area contributed by atoms with Gasteiger partial charge >= 0.3 is 6.09 Å². The van der Waals surface area contributed by atoms with Gasteiger partial charge in [-0.05, 0) is 27.2 Å². The maximum atomic E-state index is 12.6. The lowest BCUT2D eigenvalue weighted by Gasteiger charge is -2.27. The van der Waals surface area contributed by atoms with Gasteiger partial charge in [0.25, 0.3) is 5.91 Å². The first kappa shape index (κ1) is 16.7. The minimum atomic E-state index is -0.670. The number of cyclic esters (lactones) is 1. The SMILES string of the molecule is Cc1nc(C(=O)NC2(C)CCN(C(=O)C3NC(=O)OC3C)C2)cs1. The number of thiazole rings is 1. The Bertz CT molecular complexity index is 691. The number of ether oxygens (including phenoxy) is 1. The molecule has 3 rings (SSSR count). The van der Waals surface area contributed by atoms with Gasteiger partial charge < -0.3 is 20.3 Å². The zero-order valence-corrected chi connectivity index (χ0v) is 14.6. The van der Waals surface area contributed by atoms with E-state index in [4.69, 9.17) is 4.74 Å². The average molecular weight is 352 g/mol. The van der Waals surface area contributed by atoms with E-state index in [0.29, 0.717) is 25.2 Å². The van der Waals surface area contributed by atoms with Gasteiger partial charge in [0.2, 0.25) is 5.91 Å². The molecule has 0 bridgehead atoms. The second-order valence-corrected chi connectivity index (χ2v) is 7.57. The molecule has 2 aliphatic heterocycles. The number of alkyl carbamates (subject to hydrolysis) is 1. The van der Waals surface area contributed by atoms with Crippen LogP contribution in [0.5, 0.6) is 0 Å². The lowest BCUT2D eigenvalue weighted by molar-refractivity contribution is -0.133. The third kappa shape index (κ3) is 3.21. The van der Waals surface area contributed by atoms with Gasteiger partial charge in [-0.1, -0.05) is 0 Å². The molecule has 1 aromatic heterocycles. The van der Waals surface area contributed by atoms with Crippen molar-refractivity contribution in [2.24, 2.45) is 0 Å². The molecule has 3 amide bonds. The highest BCUT2D eigenvalue weighted by Gasteiger charge is 2.43. The normalized spacial score (nSPS) is 29.3. The molecular weight excluding hydrogens is 332 g/mol. The Hall–Kier alpha value is -2.16. The average Bonchev–Trinajstić information content (AvgIpc) is 3.18. The molecule has 0 saturated carbocycles. The van der Waals surface area contributed by atoms with Crippen molar-refractivity contribution in [3.8, 4) is 0 Å². The van der Waals surface area contributed by atoms with Crippen molar-refractivity contribution in [1.82, 2.24) is 20.5 Å².